The molecule has 0 atom stereocenters. The Morgan fingerprint density at radius 1 is 1.20 bits per heavy atom. The molecule has 0 aliphatic rings. The Morgan fingerprint density at radius 2 is 1.95 bits per heavy atom. The Hall–Kier alpha value is -2.36. The van der Waals surface area contributed by atoms with E-state index in [0.29, 0.717) is 6.42 Å². The predicted octanol–water partition coefficient (Wildman–Crippen LogP) is 3.35. The highest BCUT2D eigenvalue weighted by Crippen LogP contribution is 2.21. The Morgan fingerprint density at radius 3 is 2.65 bits per heavy atom. The van der Waals surface area contributed by atoms with E-state index >= 15 is 0 Å². The van der Waals surface area contributed by atoms with Gasteiger partial charge in [0.2, 0.25) is 5.91 Å². The van der Waals surface area contributed by atoms with Crippen LogP contribution in [0.4, 0.5) is 11.4 Å². The largest absolute Gasteiger partial charge is 0.381 e. The van der Waals surface area contributed by atoms with Crippen LogP contribution in [0.5, 0.6) is 0 Å². The van der Waals surface area contributed by atoms with E-state index in [2.05, 4.69) is 15.6 Å². The van der Waals surface area contributed by atoms with Crippen molar-refractivity contribution in [3.8, 4) is 0 Å². The Kier molecular flexibility index (Phi) is 4.71. The molecule has 0 fully saturated rings. The number of carbonyl (C=O) groups is 1. The van der Waals surface area contributed by atoms with Crippen molar-refractivity contribution < 1.29 is 4.79 Å². The molecule has 2 rings (SSSR count). The summed E-state index contributed by atoms with van der Waals surface area (Å²) in [5, 5.41) is 6.25. The lowest BCUT2D eigenvalue weighted by Crippen LogP contribution is -2.10. The molecular weight excluding hydrogens is 250 g/mol. The number of nitrogens with one attached hydrogen (secondary N) is 2. The number of benzene rings is 1. The third-order valence-corrected chi connectivity index (χ3v) is 3.07. The summed E-state index contributed by atoms with van der Waals surface area (Å²) >= 11 is 0. The molecule has 0 spiro atoms. The maximum atomic E-state index is 11.4. The molecule has 0 radical (unpaired) electrons. The average molecular weight is 269 g/mol. The van der Waals surface area contributed by atoms with Crippen molar-refractivity contribution in [2.24, 2.45) is 0 Å². The highest BCUT2D eigenvalue weighted by Gasteiger charge is 2.03. The number of rotatable bonds is 5. The van der Waals surface area contributed by atoms with Gasteiger partial charge in [0, 0.05) is 36.7 Å². The van der Waals surface area contributed by atoms with Gasteiger partial charge in [-0.05, 0) is 42.3 Å². The SMILES string of the molecule is CCC(=O)Nc1ccc(C)c(NCc2ccncc2)c1. The van der Waals surface area contributed by atoms with Crippen molar-refractivity contribution in [1.29, 1.82) is 0 Å². The maximum Gasteiger partial charge on any atom is 0.224 e. The first kappa shape index (κ1) is 14.1. The summed E-state index contributed by atoms with van der Waals surface area (Å²) in [7, 11) is 0. The van der Waals surface area contributed by atoms with Crippen molar-refractivity contribution >= 4 is 17.3 Å². The molecule has 0 bridgehead atoms. The smallest absolute Gasteiger partial charge is 0.224 e. The molecule has 0 aliphatic carbocycles. The lowest BCUT2D eigenvalue weighted by molar-refractivity contribution is -0.115. The molecule has 2 N–H and O–H groups in total. The highest BCUT2D eigenvalue weighted by molar-refractivity contribution is 5.91. The van der Waals surface area contributed by atoms with E-state index in [-0.39, 0.29) is 5.91 Å². The zero-order valence-electron chi connectivity index (χ0n) is 11.8. The molecule has 1 heterocycles. The monoisotopic (exact) mass is 269 g/mol. The lowest BCUT2D eigenvalue weighted by atomic mass is 10.1. The number of anilines is 2. The van der Waals surface area contributed by atoms with E-state index in [4.69, 9.17) is 0 Å². The molecular formula is C16H19N3O. The van der Waals surface area contributed by atoms with Crippen molar-refractivity contribution in [1.82, 2.24) is 4.98 Å². The molecule has 0 unspecified atom stereocenters. The molecule has 1 amide bonds. The molecule has 0 aliphatic heterocycles. The van der Waals surface area contributed by atoms with E-state index in [9.17, 15) is 4.79 Å². The number of aromatic nitrogens is 1. The molecule has 104 valence electrons. The number of carbonyl (C=O) groups excluding carboxylic acids is 1. The van der Waals surface area contributed by atoms with Gasteiger partial charge in [-0.1, -0.05) is 13.0 Å². The van der Waals surface area contributed by atoms with Crippen LogP contribution in [0.25, 0.3) is 0 Å². The molecule has 1 aromatic heterocycles. The molecule has 0 saturated carbocycles. The summed E-state index contributed by atoms with van der Waals surface area (Å²) in [5.74, 6) is 0.0222. The van der Waals surface area contributed by atoms with E-state index < -0.39 is 0 Å². The van der Waals surface area contributed by atoms with Gasteiger partial charge in [0.25, 0.3) is 0 Å². The van der Waals surface area contributed by atoms with Crippen LogP contribution in [0.15, 0.2) is 42.7 Å². The van der Waals surface area contributed by atoms with Crippen LogP contribution in [0.2, 0.25) is 0 Å². The van der Waals surface area contributed by atoms with Gasteiger partial charge in [-0.15, -0.1) is 0 Å². The Labute approximate surface area is 119 Å². The Bertz CT molecular complexity index is 582. The summed E-state index contributed by atoms with van der Waals surface area (Å²) in [6.07, 6.45) is 4.04. The zero-order valence-corrected chi connectivity index (χ0v) is 11.8. The van der Waals surface area contributed by atoms with Crippen LogP contribution < -0.4 is 10.6 Å². The van der Waals surface area contributed by atoms with Crippen LogP contribution in [0.3, 0.4) is 0 Å². The lowest BCUT2D eigenvalue weighted by Gasteiger charge is -2.12. The van der Waals surface area contributed by atoms with Crippen molar-refractivity contribution in [2.45, 2.75) is 26.8 Å². The van der Waals surface area contributed by atoms with Crippen LogP contribution in [-0.2, 0) is 11.3 Å². The van der Waals surface area contributed by atoms with Crippen molar-refractivity contribution in [3.05, 3.63) is 53.9 Å². The quantitative estimate of drug-likeness (QED) is 0.875. The van der Waals surface area contributed by atoms with Gasteiger partial charge in [0.1, 0.15) is 0 Å². The van der Waals surface area contributed by atoms with Gasteiger partial charge in [-0.25, -0.2) is 0 Å². The number of amides is 1. The third-order valence-electron chi connectivity index (χ3n) is 3.07. The van der Waals surface area contributed by atoms with Gasteiger partial charge < -0.3 is 10.6 Å². The summed E-state index contributed by atoms with van der Waals surface area (Å²) in [6.45, 7) is 4.61. The molecule has 4 nitrogen and oxygen atoms in total. The summed E-state index contributed by atoms with van der Waals surface area (Å²) in [6, 6.07) is 9.83. The normalized spacial score (nSPS) is 10.1. The summed E-state index contributed by atoms with van der Waals surface area (Å²) in [4.78, 5) is 15.4. The first-order valence-electron chi connectivity index (χ1n) is 6.72. The third kappa shape index (κ3) is 3.82. The molecule has 0 saturated heterocycles. The first-order valence-corrected chi connectivity index (χ1v) is 6.72. The number of hydrogen-bond acceptors (Lipinski definition) is 3. The predicted molar refractivity (Wildman–Crippen MR) is 81.7 cm³/mol. The van der Waals surface area contributed by atoms with Gasteiger partial charge in [-0.3, -0.25) is 9.78 Å². The highest BCUT2D eigenvalue weighted by atomic mass is 16.1. The molecule has 2 aromatic rings. The van der Waals surface area contributed by atoms with Gasteiger partial charge in [-0.2, -0.15) is 0 Å². The first-order chi connectivity index (χ1) is 9.69. The van der Waals surface area contributed by atoms with E-state index in [1.165, 1.54) is 5.56 Å². The second-order valence-corrected chi connectivity index (χ2v) is 4.64. The minimum absolute atomic E-state index is 0.0222. The summed E-state index contributed by atoms with van der Waals surface area (Å²) < 4.78 is 0. The van der Waals surface area contributed by atoms with Crippen LogP contribution in [0.1, 0.15) is 24.5 Å². The molecule has 4 heteroatoms. The fraction of sp³-hybridized carbons (Fsp3) is 0.250. The van der Waals surface area contributed by atoms with Crippen LogP contribution >= 0.6 is 0 Å². The fourth-order valence-corrected chi connectivity index (χ4v) is 1.84. The average Bonchev–Trinajstić information content (AvgIpc) is 2.48. The van der Waals surface area contributed by atoms with E-state index in [0.717, 1.165) is 23.5 Å². The standard InChI is InChI=1S/C16H19N3O/c1-3-16(20)19-14-5-4-12(2)15(10-14)18-11-13-6-8-17-9-7-13/h4-10,18H,3,11H2,1-2H3,(H,19,20). The minimum Gasteiger partial charge on any atom is -0.381 e. The van der Waals surface area contributed by atoms with Crippen molar-refractivity contribution in [3.63, 3.8) is 0 Å². The van der Waals surface area contributed by atoms with E-state index in [1.807, 2.05) is 44.2 Å². The van der Waals surface area contributed by atoms with Crippen molar-refractivity contribution in [2.75, 3.05) is 10.6 Å². The fourth-order valence-electron chi connectivity index (χ4n) is 1.84. The maximum absolute atomic E-state index is 11.4. The zero-order chi connectivity index (χ0) is 14.4. The number of aryl methyl sites for hydroxylation is 1. The van der Waals surface area contributed by atoms with Gasteiger partial charge in [0.05, 0.1) is 0 Å². The number of hydrogen-bond donors (Lipinski definition) is 2. The van der Waals surface area contributed by atoms with E-state index in [1.54, 1.807) is 12.4 Å². The van der Waals surface area contributed by atoms with Gasteiger partial charge in [0.15, 0.2) is 0 Å². The minimum atomic E-state index is 0.0222. The molecule has 1 aromatic carbocycles. The Balaban J connectivity index is 2.06. The van der Waals surface area contributed by atoms with Crippen LogP contribution in [0, 0.1) is 6.92 Å². The molecule has 20 heavy (non-hydrogen) atoms. The summed E-state index contributed by atoms with van der Waals surface area (Å²) in [5.41, 5.74) is 4.16. The van der Waals surface area contributed by atoms with Gasteiger partial charge >= 0.3 is 0 Å². The second-order valence-electron chi connectivity index (χ2n) is 4.64. The number of nitrogens with zero attached hydrogens (tertiary/aromatic N) is 1. The number of pyridine rings is 1. The van der Waals surface area contributed by atoms with Crippen LogP contribution in [-0.4, -0.2) is 10.9 Å². The topological polar surface area (TPSA) is 54.0 Å². The second kappa shape index (κ2) is 6.70.